The molecule has 0 fully saturated rings. The molecule has 0 saturated carbocycles. The monoisotopic (exact) mass is 218 g/mol. The lowest BCUT2D eigenvalue weighted by Crippen LogP contribution is -1.97. The van der Waals surface area contributed by atoms with Gasteiger partial charge < -0.3 is 5.11 Å². The van der Waals surface area contributed by atoms with Crippen LogP contribution in [0.2, 0.25) is 0 Å². The van der Waals surface area contributed by atoms with Gasteiger partial charge in [0.15, 0.2) is 0 Å². The molecule has 2 aromatic rings. The highest BCUT2D eigenvalue weighted by Gasteiger charge is 2.12. The van der Waals surface area contributed by atoms with Crippen molar-refractivity contribution in [1.82, 2.24) is 9.78 Å². The third-order valence-corrected chi connectivity index (χ3v) is 2.80. The van der Waals surface area contributed by atoms with Gasteiger partial charge in [-0.15, -0.1) is 0 Å². The Balaban J connectivity index is 2.62. The van der Waals surface area contributed by atoms with Crippen LogP contribution in [0, 0.1) is 5.92 Å². The second-order valence-electron chi connectivity index (χ2n) is 4.64. The standard InChI is InChI=1S/C13H18N2O/c1-9(2)7-12-11-6-4-5-10(8-16)13(11)15(3)14-12/h4-6,9,16H,7-8H2,1-3H3. The molecule has 0 saturated heterocycles. The summed E-state index contributed by atoms with van der Waals surface area (Å²) in [5.74, 6) is 0.593. The van der Waals surface area contributed by atoms with Gasteiger partial charge in [0.05, 0.1) is 17.8 Å². The van der Waals surface area contributed by atoms with Crippen molar-refractivity contribution in [2.45, 2.75) is 26.9 Å². The summed E-state index contributed by atoms with van der Waals surface area (Å²) in [5.41, 5.74) is 3.13. The quantitative estimate of drug-likeness (QED) is 0.858. The zero-order chi connectivity index (χ0) is 11.7. The van der Waals surface area contributed by atoms with Gasteiger partial charge in [-0.05, 0) is 12.3 Å². The van der Waals surface area contributed by atoms with E-state index in [1.807, 2.05) is 23.9 Å². The highest BCUT2D eigenvalue weighted by atomic mass is 16.3. The number of aliphatic hydroxyl groups excluding tert-OH is 1. The molecule has 1 aromatic carbocycles. The molecule has 0 unspecified atom stereocenters. The van der Waals surface area contributed by atoms with Gasteiger partial charge in [-0.25, -0.2) is 0 Å². The first-order valence-corrected chi connectivity index (χ1v) is 5.67. The van der Waals surface area contributed by atoms with E-state index in [4.69, 9.17) is 0 Å². The Morgan fingerprint density at radius 2 is 2.12 bits per heavy atom. The Labute approximate surface area is 95.7 Å². The maximum atomic E-state index is 9.31. The summed E-state index contributed by atoms with van der Waals surface area (Å²) >= 11 is 0. The molecule has 0 atom stereocenters. The van der Waals surface area contributed by atoms with Gasteiger partial charge in [-0.1, -0.05) is 32.0 Å². The van der Waals surface area contributed by atoms with Gasteiger partial charge in [0.25, 0.3) is 0 Å². The topological polar surface area (TPSA) is 38.0 Å². The van der Waals surface area contributed by atoms with Crippen LogP contribution in [0.5, 0.6) is 0 Å². The highest BCUT2D eigenvalue weighted by molar-refractivity contribution is 5.85. The van der Waals surface area contributed by atoms with Gasteiger partial charge in [-0.2, -0.15) is 5.10 Å². The van der Waals surface area contributed by atoms with Gasteiger partial charge in [0.1, 0.15) is 0 Å². The van der Waals surface area contributed by atoms with Gasteiger partial charge in [0, 0.05) is 18.0 Å². The number of aryl methyl sites for hydroxylation is 1. The van der Waals surface area contributed by atoms with Gasteiger partial charge in [0.2, 0.25) is 0 Å². The van der Waals surface area contributed by atoms with Crippen molar-refractivity contribution < 1.29 is 5.11 Å². The molecule has 1 N–H and O–H groups in total. The first kappa shape index (κ1) is 11.1. The predicted octanol–water partition coefficient (Wildman–Crippen LogP) is 2.26. The van der Waals surface area contributed by atoms with E-state index in [1.165, 1.54) is 5.39 Å². The number of hydrogen-bond acceptors (Lipinski definition) is 2. The summed E-state index contributed by atoms with van der Waals surface area (Å²) in [6, 6.07) is 6.02. The minimum atomic E-state index is 0.0675. The van der Waals surface area contributed by atoms with Crippen molar-refractivity contribution >= 4 is 10.9 Å². The Bertz CT molecular complexity index is 500. The number of rotatable bonds is 3. The summed E-state index contributed by atoms with van der Waals surface area (Å²) in [6.45, 7) is 4.45. The minimum Gasteiger partial charge on any atom is -0.392 e. The number of fused-ring (bicyclic) bond motifs is 1. The molecule has 0 radical (unpaired) electrons. The molecule has 1 heterocycles. The lowest BCUT2D eigenvalue weighted by atomic mass is 10.0. The highest BCUT2D eigenvalue weighted by Crippen LogP contribution is 2.23. The second kappa shape index (κ2) is 4.26. The van der Waals surface area contributed by atoms with Crippen LogP contribution in [0.3, 0.4) is 0 Å². The summed E-state index contributed by atoms with van der Waals surface area (Å²) in [6.07, 6.45) is 0.978. The molecule has 0 aliphatic rings. The maximum absolute atomic E-state index is 9.31. The smallest absolute Gasteiger partial charge is 0.0737 e. The van der Waals surface area contributed by atoms with Crippen molar-refractivity contribution in [1.29, 1.82) is 0 Å². The van der Waals surface area contributed by atoms with Crippen LogP contribution in [0.15, 0.2) is 18.2 Å². The van der Waals surface area contributed by atoms with Crippen molar-refractivity contribution in [2.24, 2.45) is 13.0 Å². The predicted molar refractivity (Wildman–Crippen MR) is 65.2 cm³/mol. The number of para-hydroxylation sites is 1. The first-order chi connectivity index (χ1) is 7.63. The van der Waals surface area contributed by atoms with E-state index in [1.54, 1.807) is 0 Å². The van der Waals surface area contributed by atoms with E-state index < -0.39 is 0 Å². The molecule has 0 spiro atoms. The molecule has 2 rings (SSSR count). The molecule has 3 heteroatoms. The molecule has 3 nitrogen and oxygen atoms in total. The van der Waals surface area contributed by atoms with E-state index in [9.17, 15) is 5.11 Å². The van der Waals surface area contributed by atoms with E-state index in [2.05, 4.69) is 25.0 Å². The fourth-order valence-electron chi connectivity index (χ4n) is 2.16. The van der Waals surface area contributed by atoms with Crippen molar-refractivity contribution in [3.05, 3.63) is 29.5 Å². The number of benzene rings is 1. The summed E-state index contributed by atoms with van der Waals surface area (Å²) < 4.78 is 1.87. The number of aromatic nitrogens is 2. The van der Waals surface area contributed by atoms with Crippen molar-refractivity contribution in [3.63, 3.8) is 0 Å². The minimum absolute atomic E-state index is 0.0675. The molecule has 0 amide bonds. The van der Waals surface area contributed by atoms with Gasteiger partial charge in [-0.3, -0.25) is 4.68 Å². The van der Waals surface area contributed by atoms with Crippen LogP contribution in [-0.4, -0.2) is 14.9 Å². The fourth-order valence-corrected chi connectivity index (χ4v) is 2.16. The SMILES string of the molecule is CC(C)Cc1nn(C)c2c(CO)cccc12. The molecule has 0 aliphatic carbocycles. The third-order valence-electron chi connectivity index (χ3n) is 2.80. The van der Waals surface area contributed by atoms with E-state index in [-0.39, 0.29) is 6.61 Å². The van der Waals surface area contributed by atoms with Crippen LogP contribution in [0.1, 0.15) is 25.1 Å². The van der Waals surface area contributed by atoms with E-state index >= 15 is 0 Å². The summed E-state index contributed by atoms with van der Waals surface area (Å²) in [7, 11) is 1.94. The second-order valence-corrected chi connectivity index (χ2v) is 4.64. The summed E-state index contributed by atoms with van der Waals surface area (Å²) in [5, 5.41) is 15.0. The van der Waals surface area contributed by atoms with Crippen molar-refractivity contribution in [3.8, 4) is 0 Å². The Morgan fingerprint density at radius 3 is 2.75 bits per heavy atom. The van der Waals surface area contributed by atoms with Crippen LogP contribution < -0.4 is 0 Å². The normalized spacial score (nSPS) is 11.6. The Morgan fingerprint density at radius 1 is 1.38 bits per heavy atom. The Hall–Kier alpha value is -1.35. The zero-order valence-electron chi connectivity index (χ0n) is 10.1. The lowest BCUT2D eigenvalue weighted by Gasteiger charge is -2.02. The third kappa shape index (κ3) is 1.83. The van der Waals surface area contributed by atoms with Gasteiger partial charge >= 0.3 is 0 Å². The maximum Gasteiger partial charge on any atom is 0.0737 e. The fraction of sp³-hybridized carbons (Fsp3) is 0.462. The van der Waals surface area contributed by atoms with Crippen LogP contribution in [0.25, 0.3) is 10.9 Å². The van der Waals surface area contributed by atoms with E-state index in [0.717, 1.165) is 23.2 Å². The zero-order valence-corrected chi connectivity index (χ0v) is 10.1. The molecular formula is C13H18N2O. The molecule has 0 aliphatic heterocycles. The first-order valence-electron chi connectivity index (χ1n) is 5.67. The molecule has 1 aromatic heterocycles. The van der Waals surface area contributed by atoms with Crippen LogP contribution in [-0.2, 0) is 20.1 Å². The Kier molecular flexibility index (Phi) is 2.97. The summed E-state index contributed by atoms with van der Waals surface area (Å²) in [4.78, 5) is 0. The van der Waals surface area contributed by atoms with Crippen LogP contribution >= 0.6 is 0 Å². The molecule has 86 valence electrons. The molecular weight excluding hydrogens is 200 g/mol. The van der Waals surface area contributed by atoms with E-state index in [0.29, 0.717) is 5.92 Å². The lowest BCUT2D eigenvalue weighted by molar-refractivity contribution is 0.283. The number of hydrogen-bond donors (Lipinski definition) is 1. The number of nitrogens with zero attached hydrogens (tertiary/aromatic N) is 2. The molecule has 16 heavy (non-hydrogen) atoms. The van der Waals surface area contributed by atoms with Crippen molar-refractivity contribution in [2.75, 3.05) is 0 Å². The number of aliphatic hydroxyl groups is 1. The average Bonchev–Trinajstić information content (AvgIpc) is 2.55. The largest absolute Gasteiger partial charge is 0.392 e. The van der Waals surface area contributed by atoms with Crippen LogP contribution in [0.4, 0.5) is 0 Å². The molecule has 0 bridgehead atoms. The average molecular weight is 218 g/mol.